The molecule has 0 aromatic rings. The molecule has 0 spiro atoms. The summed E-state index contributed by atoms with van der Waals surface area (Å²) in [5, 5.41) is 0. The molecule has 0 aliphatic rings. The van der Waals surface area contributed by atoms with E-state index in [0.717, 1.165) is 32.1 Å². The second kappa shape index (κ2) is 8.92. The van der Waals surface area contributed by atoms with Crippen LogP contribution in [0, 0.1) is 0 Å². The lowest BCUT2D eigenvalue weighted by Gasteiger charge is -2.15. The fourth-order valence-electron chi connectivity index (χ4n) is 1.41. The molecular formula is C10H22O5S. The van der Waals surface area contributed by atoms with E-state index in [4.69, 9.17) is 9.29 Å². The number of ether oxygens (including phenoxy) is 1. The normalized spacial score (nSPS) is 13.9. The Bertz CT molecular complexity index is 250. The van der Waals surface area contributed by atoms with Gasteiger partial charge in [-0.25, -0.2) is 4.18 Å². The van der Waals surface area contributed by atoms with E-state index in [1.54, 1.807) is 0 Å². The Labute approximate surface area is 98.1 Å². The van der Waals surface area contributed by atoms with Gasteiger partial charge in [-0.2, -0.15) is 8.42 Å². The second-order valence-electron chi connectivity index (χ2n) is 3.64. The molecule has 1 N–H and O–H groups in total. The Morgan fingerprint density at radius 1 is 1.19 bits per heavy atom. The van der Waals surface area contributed by atoms with Crippen molar-refractivity contribution >= 4 is 10.4 Å². The molecule has 0 fully saturated rings. The van der Waals surface area contributed by atoms with Gasteiger partial charge in [0.2, 0.25) is 0 Å². The lowest BCUT2D eigenvalue weighted by molar-refractivity contribution is 0.0196. The van der Waals surface area contributed by atoms with Crippen LogP contribution in [0.3, 0.4) is 0 Å². The number of unbranched alkanes of at least 4 members (excludes halogenated alkanes) is 3. The molecule has 0 aromatic heterocycles. The third-order valence-corrected chi connectivity index (χ3v) is 2.62. The van der Waals surface area contributed by atoms with E-state index < -0.39 is 10.4 Å². The molecule has 0 bridgehead atoms. The zero-order chi connectivity index (χ0) is 12.4. The van der Waals surface area contributed by atoms with Crippen molar-refractivity contribution in [2.75, 3.05) is 13.2 Å². The van der Waals surface area contributed by atoms with Crippen molar-refractivity contribution in [1.82, 2.24) is 0 Å². The molecule has 5 nitrogen and oxygen atoms in total. The topological polar surface area (TPSA) is 72.8 Å². The Balaban J connectivity index is 3.79. The van der Waals surface area contributed by atoms with E-state index in [1.807, 2.05) is 6.92 Å². The van der Waals surface area contributed by atoms with Gasteiger partial charge in [0.15, 0.2) is 0 Å². The average molecular weight is 254 g/mol. The summed E-state index contributed by atoms with van der Waals surface area (Å²) in [5.74, 6) is 0. The Morgan fingerprint density at radius 3 is 2.38 bits per heavy atom. The Morgan fingerprint density at radius 2 is 1.88 bits per heavy atom. The third kappa shape index (κ3) is 10.4. The molecule has 0 rings (SSSR count). The van der Waals surface area contributed by atoms with Gasteiger partial charge in [0.1, 0.15) is 0 Å². The highest BCUT2D eigenvalue weighted by molar-refractivity contribution is 7.80. The van der Waals surface area contributed by atoms with Crippen molar-refractivity contribution in [2.45, 2.75) is 52.1 Å². The molecule has 0 amide bonds. The van der Waals surface area contributed by atoms with Crippen LogP contribution >= 0.6 is 0 Å². The molecule has 98 valence electrons. The van der Waals surface area contributed by atoms with Crippen LogP contribution in [0.1, 0.15) is 46.0 Å². The number of rotatable bonds is 10. The van der Waals surface area contributed by atoms with Crippen molar-refractivity contribution in [3.05, 3.63) is 0 Å². The first-order valence-corrected chi connectivity index (χ1v) is 7.09. The number of hydrogen-bond acceptors (Lipinski definition) is 4. The molecule has 1 unspecified atom stereocenters. The van der Waals surface area contributed by atoms with Gasteiger partial charge in [-0.15, -0.1) is 0 Å². The maximum atomic E-state index is 10.4. The summed E-state index contributed by atoms with van der Waals surface area (Å²) in [6, 6.07) is 0. The largest absolute Gasteiger partial charge is 0.397 e. The quantitative estimate of drug-likeness (QED) is 0.478. The van der Waals surface area contributed by atoms with Gasteiger partial charge in [-0.05, 0) is 13.3 Å². The zero-order valence-corrected chi connectivity index (χ0v) is 10.8. The highest BCUT2D eigenvalue weighted by atomic mass is 32.3. The highest BCUT2D eigenvalue weighted by Gasteiger charge is 2.13. The van der Waals surface area contributed by atoms with Crippen molar-refractivity contribution in [1.29, 1.82) is 0 Å². The first-order chi connectivity index (χ1) is 7.49. The predicted molar refractivity (Wildman–Crippen MR) is 61.7 cm³/mol. The van der Waals surface area contributed by atoms with Crippen LogP contribution in [-0.2, 0) is 19.3 Å². The van der Waals surface area contributed by atoms with Gasteiger partial charge in [-0.3, -0.25) is 4.55 Å². The maximum Gasteiger partial charge on any atom is 0.397 e. The maximum absolute atomic E-state index is 10.4. The molecule has 0 radical (unpaired) electrons. The lowest BCUT2D eigenvalue weighted by Crippen LogP contribution is -2.22. The molecule has 0 aliphatic carbocycles. The van der Waals surface area contributed by atoms with Crippen LogP contribution in [-0.4, -0.2) is 32.3 Å². The molecular weight excluding hydrogens is 232 g/mol. The summed E-state index contributed by atoms with van der Waals surface area (Å²) in [7, 11) is -4.35. The highest BCUT2D eigenvalue weighted by Crippen LogP contribution is 2.09. The molecule has 16 heavy (non-hydrogen) atoms. The van der Waals surface area contributed by atoms with Crippen LogP contribution in [0.5, 0.6) is 0 Å². The molecule has 1 atom stereocenters. The standard InChI is InChI=1S/C10H22O5S/c1-3-5-6-7-8-10(14-4-2)9-15-16(11,12)13/h10H,3-9H2,1-2H3,(H,11,12,13). The fraction of sp³-hybridized carbons (Fsp3) is 1.00. The summed E-state index contributed by atoms with van der Waals surface area (Å²) < 4.78 is 38.8. The van der Waals surface area contributed by atoms with Gasteiger partial charge in [0.25, 0.3) is 0 Å². The number of hydrogen-bond donors (Lipinski definition) is 1. The van der Waals surface area contributed by atoms with E-state index in [0.29, 0.717) is 6.61 Å². The van der Waals surface area contributed by atoms with Gasteiger partial charge in [0.05, 0.1) is 12.7 Å². The first kappa shape index (κ1) is 15.8. The molecule has 0 aliphatic heterocycles. The van der Waals surface area contributed by atoms with Crippen LogP contribution in [0.25, 0.3) is 0 Å². The Hall–Kier alpha value is -0.170. The SMILES string of the molecule is CCCCCCC(COS(=O)(=O)O)OCC. The predicted octanol–water partition coefficient (Wildman–Crippen LogP) is 2.18. The van der Waals surface area contributed by atoms with Crippen LogP contribution < -0.4 is 0 Å². The molecule has 0 aromatic carbocycles. The van der Waals surface area contributed by atoms with Crippen molar-refractivity contribution in [3.63, 3.8) is 0 Å². The van der Waals surface area contributed by atoms with E-state index >= 15 is 0 Å². The van der Waals surface area contributed by atoms with Gasteiger partial charge < -0.3 is 4.74 Å². The average Bonchev–Trinajstić information content (AvgIpc) is 2.19. The minimum atomic E-state index is -4.35. The Kier molecular flexibility index (Phi) is 8.83. The van der Waals surface area contributed by atoms with Crippen molar-refractivity contribution < 1.29 is 21.9 Å². The summed E-state index contributed by atoms with van der Waals surface area (Å²) in [4.78, 5) is 0. The van der Waals surface area contributed by atoms with Crippen LogP contribution in [0.2, 0.25) is 0 Å². The lowest BCUT2D eigenvalue weighted by atomic mass is 10.1. The van der Waals surface area contributed by atoms with Gasteiger partial charge in [-0.1, -0.05) is 32.6 Å². The third-order valence-electron chi connectivity index (χ3n) is 2.18. The first-order valence-electron chi connectivity index (χ1n) is 5.73. The van der Waals surface area contributed by atoms with Gasteiger partial charge in [0, 0.05) is 6.61 Å². The van der Waals surface area contributed by atoms with E-state index in [1.165, 1.54) is 0 Å². The van der Waals surface area contributed by atoms with Crippen molar-refractivity contribution in [3.8, 4) is 0 Å². The summed E-state index contributed by atoms with van der Waals surface area (Å²) in [6.45, 7) is 4.36. The molecule has 0 saturated heterocycles. The summed E-state index contributed by atoms with van der Waals surface area (Å²) in [5.41, 5.74) is 0. The molecule has 6 heteroatoms. The van der Waals surface area contributed by atoms with Gasteiger partial charge >= 0.3 is 10.4 Å². The van der Waals surface area contributed by atoms with E-state index in [9.17, 15) is 8.42 Å². The second-order valence-corrected chi connectivity index (χ2v) is 4.73. The monoisotopic (exact) mass is 254 g/mol. The van der Waals surface area contributed by atoms with Crippen LogP contribution in [0.4, 0.5) is 0 Å². The van der Waals surface area contributed by atoms with Crippen molar-refractivity contribution in [2.24, 2.45) is 0 Å². The fourth-order valence-corrected chi connectivity index (χ4v) is 1.73. The summed E-state index contributed by atoms with van der Waals surface area (Å²) in [6.07, 6.45) is 4.89. The van der Waals surface area contributed by atoms with Crippen LogP contribution in [0.15, 0.2) is 0 Å². The smallest absolute Gasteiger partial charge is 0.376 e. The zero-order valence-electron chi connectivity index (χ0n) is 10.0. The van der Waals surface area contributed by atoms with E-state index in [-0.39, 0.29) is 12.7 Å². The molecule has 0 heterocycles. The summed E-state index contributed by atoms with van der Waals surface area (Å²) >= 11 is 0. The minimum absolute atomic E-state index is 0.112. The molecule has 0 saturated carbocycles. The van der Waals surface area contributed by atoms with E-state index in [2.05, 4.69) is 11.1 Å². The minimum Gasteiger partial charge on any atom is -0.376 e.